The number of hydrogen-bond donors (Lipinski definition) is 1. The van der Waals surface area contributed by atoms with E-state index in [1.807, 2.05) is 23.2 Å². The minimum Gasteiger partial charge on any atom is -0.464 e. The lowest BCUT2D eigenvalue weighted by atomic mass is 10.2. The molecule has 2 aromatic rings. The number of nitrogens with zero attached hydrogens (tertiary/aromatic N) is 2. The van der Waals surface area contributed by atoms with Crippen molar-refractivity contribution in [1.82, 2.24) is 9.88 Å². The van der Waals surface area contributed by atoms with Crippen LogP contribution in [0.5, 0.6) is 0 Å². The third-order valence-corrected chi connectivity index (χ3v) is 5.39. The molecular weight excluding hydrogens is 310 g/mol. The van der Waals surface area contributed by atoms with Crippen LogP contribution in [0.3, 0.4) is 0 Å². The van der Waals surface area contributed by atoms with Crippen LogP contribution in [0.15, 0.2) is 22.7 Å². The zero-order valence-electron chi connectivity index (χ0n) is 13.8. The van der Waals surface area contributed by atoms with Crippen LogP contribution in [0, 0.1) is 0 Å². The Kier molecular flexibility index (Phi) is 4.71. The summed E-state index contributed by atoms with van der Waals surface area (Å²) in [5.74, 6) is 2.28. The van der Waals surface area contributed by atoms with Gasteiger partial charge in [0, 0.05) is 24.0 Å². The highest BCUT2D eigenvalue weighted by atomic mass is 32.1. The first-order chi connectivity index (χ1) is 11.1. The fourth-order valence-electron chi connectivity index (χ4n) is 2.84. The molecule has 23 heavy (non-hydrogen) atoms. The van der Waals surface area contributed by atoms with E-state index in [2.05, 4.69) is 31.1 Å². The predicted octanol–water partition coefficient (Wildman–Crippen LogP) is 4.79. The Morgan fingerprint density at radius 1 is 1.52 bits per heavy atom. The molecule has 5 nitrogen and oxygen atoms in total. The zero-order valence-corrected chi connectivity index (χ0v) is 14.7. The van der Waals surface area contributed by atoms with Gasteiger partial charge in [0.25, 0.3) is 0 Å². The van der Waals surface area contributed by atoms with E-state index in [9.17, 15) is 4.79 Å². The zero-order chi connectivity index (χ0) is 16.4. The number of furan rings is 1. The molecule has 0 radical (unpaired) electrons. The molecule has 1 N–H and O–H groups in total. The van der Waals surface area contributed by atoms with Gasteiger partial charge in [-0.15, -0.1) is 11.3 Å². The lowest BCUT2D eigenvalue weighted by molar-refractivity contribution is 0.199. The van der Waals surface area contributed by atoms with E-state index in [0.717, 1.165) is 37.3 Å². The van der Waals surface area contributed by atoms with Gasteiger partial charge < -0.3 is 9.32 Å². The molecule has 124 valence electrons. The molecule has 1 fully saturated rings. The van der Waals surface area contributed by atoms with Crippen LogP contribution >= 0.6 is 11.3 Å². The van der Waals surface area contributed by atoms with Gasteiger partial charge in [-0.05, 0) is 30.9 Å². The van der Waals surface area contributed by atoms with Crippen LogP contribution in [-0.2, 0) is 6.42 Å². The summed E-state index contributed by atoms with van der Waals surface area (Å²) in [5.41, 5.74) is 0. The third kappa shape index (κ3) is 3.42. The van der Waals surface area contributed by atoms with E-state index in [4.69, 9.17) is 4.42 Å². The average molecular weight is 333 g/mol. The maximum atomic E-state index is 12.6. The summed E-state index contributed by atoms with van der Waals surface area (Å²) < 4.78 is 5.85. The summed E-state index contributed by atoms with van der Waals surface area (Å²) in [7, 11) is 0. The summed E-state index contributed by atoms with van der Waals surface area (Å²) in [6, 6.07) is 3.93. The highest BCUT2D eigenvalue weighted by Gasteiger charge is 2.32. The Morgan fingerprint density at radius 2 is 2.35 bits per heavy atom. The van der Waals surface area contributed by atoms with Crippen molar-refractivity contribution in [3.8, 4) is 0 Å². The topological polar surface area (TPSA) is 58.4 Å². The number of amides is 2. The van der Waals surface area contributed by atoms with E-state index in [1.54, 1.807) is 0 Å². The second-order valence-electron chi connectivity index (χ2n) is 6.16. The molecule has 1 unspecified atom stereocenters. The summed E-state index contributed by atoms with van der Waals surface area (Å²) in [5, 5.41) is 3.60. The van der Waals surface area contributed by atoms with E-state index in [-0.39, 0.29) is 12.1 Å². The van der Waals surface area contributed by atoms with Crippen LogP contribution in [0.25, 0.3) is 0 Å². The summed E-state index contributed by atoms with van der Waals surface area (Å²) >= 11 is 1.54. The number of carbonyl (C=O) groups excluding carboxylic acids is 1. The van der Waals surface area contributed by atoms with Crippen molar-refractivity contribution in [3.63, 3.8) is 0 Å². The highest BCUT2D eigenvalue weighted by molar-refractivity contribution is 7.15. The molecule has 1 aliphatic rings. The van der Waals surface area contributed by atoms with Crippen LogP contribution in [0.2, 0.25) is 0 Å². The van der Waals surface area contributed by atoms with Crippen LogP contribution in [0.1, 0.15) is 62.0 Å². The van der Waals surface area contributed by atoms with Crippen LogP contribution in [-0.4, -0.2) is 22.5 Å². The Hall–Kier alpha value is -1.82. The smallest absolute Gasteiger partial charge is 0.324 e. The van der Waals surface area contributed by atoms with Gasteiger partial charge in [0.15, 0.2) is 5.13 Å². The summed E-state index contributed by atoms with van der Waals surface area (Å²) in [4.78, 5) is 19.9. The number of urea groups is 1. The second kappa shape index (κ2) is 6.74. The van der Waals surface area contributed by atoms with Gasteiger partial charge in [0.05, 0.1) is 6.04 Å². The first-order valence-electron chi connectivity index (χ1n) is 8.20. The van der Waals surface area contributed by atoms with Crippen molar-refractivity contribution < 1.29 is 9.21 Å². The van der Waals surface area contributed by atoms with Gasteiger partial charge in [-0.1, -0.05) is 20.8 Å². The highest BCUT2D eigenvalue weighted by Crippen LogP contribution is 2.34. The lowest BCUT2D eigenvalue weighted by Crippen LogP contribution is -2.34. The van der Waals surface area contributed by atoms with Crippen molar-refractivity contribution in [2.45, 2.75) is 52.0 Å². The maximum Gasteiger partial charge on any atom is 0.324 e. The minimum absolute atomic E-state index is 0.0276. The first-order valence-corrected chi connectivity index (χ1v) is 9.02. The van der Waals surface area contributed by atoms with Crippen molar-refractivity contribution >= 4 is 22.5 Å². The van der Waals surface area contributed by atoms with E-state index in [1.165, 1.54) is 16.2 Å². The lowest BCUT2D eigenvalue weighted by Gasteiger charge is -2.22. The number of aryl methyl sites for hydroxylation is 1. The number of thiazole rings is 1. The Morgan fingerprint density at radius 3 is 3.00 bits per heavy atom. The van der Waals surface area contributed by atoms with E-state index >= 15 is 0 Å². The Labute approximate surface area is 140 Å². The van der Waals surface area contributed by atoms with Crippen LogP contribution in [0.4, 0.5) is 9.93 Å². The van der Waals surface area contributed by atoms with Gasteiger partial charge in [0.1, 0.15) is 11.5 Å². The molecule has 0 aliphatic carbocycles. The van der Waals surface area contributed by atoms with Crippen molar-refractivity contribution in [2.24, 2.45) is 0 Å². The van der Waals surface area contributed by atoms with Gasteiger partial charge in [-0.25, -0.2) is 9.78 Å². The molecule has 1 atom stereocenters. The molecule has 2 amide bonds. The van der Waals surface area contributed by atoms with Crippen molar-refractivity contribution in [1.29, 1.82) is 0 Å². The number of nitrogens with one attached hydrogen (secondary N) is 1. The number of rotatable bonds is 4. The Balaban J connectivity index is 1.70. The molecule has 0 saturated carbocycles. The molecule has 0 spiro atoms. The molecule has 1 saturated heterocycles. The monoisotopic (exact) mass is 333 g/mol. The molecule has 2 aromatic heterocycles. The molecular formula is C17H23N3O2S. The van der Waals surface area contributed by atoms with Crippen molar-refractivity contribution in [3.05, 3.63) is 34.7 Å². The molecule has 6 heteroatoms. The average Bonchev–Trinajstić information content (AvgIpc) is 3.26. The van der Waals surface area contributed by atoms with E-state index in [0.29, 0.717) is 11.0 Å². The normalized spacial score (nSPS) is 17.9. The summed E-state index contributed by atoms with van der Waals surface area (Å²) in [6.07, 6.45) is 4.65. The largest absolute Gasteiger partial charge is 0.464 e. The fraction of sp³-hybridized carbons (Fsp3) is 0.529. The molecule has 3 heterocycles. The predicted molar refractivity (Wildman–Crippen MR) is 92.0 cm³/mol. The van der Waals surface area contributed by atoms with E-state index < -0.39 is 0 Å². The SMILES string of the molecule is CCc1ccc(C2CCCN2C(=O)Nc2ncc(C(C)C)s2)o1. The molecule has 0 aromatic carbocycles. The molecule has 0 bridgehead atoms. The molecule has 3 rings (SSSR count). The maximum absolute atomic E-state index is 12.6. The number of aromatic nitrogens is 1. The standard InChI is InChI=1S/C17H23N3O2S/c1-4-12-7-8-14(22-12)13-6-5-9-20(13)17(21)19-16-18-10-15(23-16)11(2)3/h7-8,10-11,13H,4-6,9H2,1-3H3,(H,18,19,21). The van der Waals surface area contributed by atoms with Gasteiger partial charge >= 0.3 is 6.03 Å². The quantitative estimate of drug-likeness (QED) is 0.875. The first kappa shape index (κ1) is 16.1. The molecule has 1 aliphatic heterocycles. The number of hydrogen-bond acceptors (Lipinski definition) is 4. The summed E-state index contributed by atoms with van der Waals surface area (Å²) in [6.45, 7) is 7.06. The van der Waals surface area contributed by atoms with Gasteiger partial charge in [-0.2, -0.15) is 0 Å². The van der Waals surface area contributed by atoms with Crippen LogP contribution < -0.4 is 5.32 Å². The number of likely N-dealkylation sites (tertiary alicyclic amines) is 1. The second-order valence-corrected chi connectivity index (χ2v) is 7.22. The Bertz CT molecular complexity index is 677. The van der Waals surface area contributed by atoms with Crippen molar-refractivity contribution in [2.75, 3.05) is 11.9 Å². The third-order valence-electron chi connectivity index (χ3n) is 4.18. The minimum atomic E-state index is -0.0911. The fourth-order valence-corrected chi connectivity index (χ4v) is 3.65. The number of anilines is 1. The van der Waals surface area contributed by atoms with Gasteiger partial charge in [-0.3, -0.25) is 5.32 Å². The van der Waals surface area contributed by atoms with Gasteiger partial charge in [0.2, 0.25) is 0 Å². The number of carbonyl (C=O) groups is 1.